The molecule has 0 radical (unpaired) electrons. The minimum Gasteiger partial charge on any atom is -0.339 e. The van der Waals surface area contributed by atoms with Crippen LogP contribution in [-0.2, 0) is 0 Å². The van der Waals surface area contributed by atoms with E-state index >= 15 is 0 Å². The number of alkyl halides is 1. The molecule has 0 saturated carbocycles. The first-order chi connectivity index (χ1) is 6.66. The lowest BCUT2D eigenvalue weighted by Crippen LogP contribution is -2.22. The van der Waals surface area contributed by atoms with Crippen LogP contribution < -0.4 is 4.90 Å². The van der Waals surface area contributed by atoms with Gasteiger partial charge in [0.25, 0.3) is 0 Å². The molecule has 2 rings (SSSR count). The van der Waals surface area contributed by atoms with Crippen molar-refractivity contribution in [2.24, 2.45) is 5.92 Å². The molecule has 1 fully saturated rings. The highest BCUT2D eigenvalue weighted by molar-refractivity contribution is 6.21. The van der Waals surface area contributed by atoms with Gasteiger partial charge in [-0.3, -0.25) is 0 Å². The minimum atomic E-state index is -0.414. The molecule has 1 aromatic rings. The summed E-state index contributed by atoms with van der Waals surface area (Å²) in [7, 11) is 0. The first kappa shape index (κ1) is 9.65. The summed E-state index contributed by atoms with van der Waals surface area (Å²) in [6, 6.07) is 0. The second kappa shape index (κ2) is 3.69. The maximum atomic E-state index is 12.6. The molecule has 2 unspecified atom stereocenters. The Balaban J connectivity index is 2.13. The molecule has 0 amide bonds. The molecule has 5 heteroatoms. The highest BCUT2D eigenvalue weighted by atomic mass is 35.5. The average molecular weight is 216 g/mol. The van der Waals surface area contributed by atoms with E-state index in [0.29, 0.717) is 11.9 Å². The molecular weight excluding hydrogens is 205 g/mol. The van der Waals surface area contributed by atoms with Crippen LogP contribution >= 0.6 is 11.6 Å². The van der Waals surface area contributed by atoms with Crippen molar-refractivity contribution < 1.29 is 4.39 Å². The third kappa shape index (κ3) is 1.80. The fourth-order valence-corrected chi connectivity index (χ4v) is 1.81. The molecule has 0 aromatic carbocycles. The quantitative estimate of drug-likeness (QED) is 0.668. The lowest BCUT2D eigenvalue weighted by molar-refractivity contribution is 0.611. The summed E-state index contributed by atoms with van der Waals surface area (Å²) in [6.07, 6.45) is 2.35. The Hall–Kier alpha value is -0.900. The van der Waals surface area contributed by atoms with Gasteiger partial charge in [-0.05, 0) is 5.92 Å². The fraction of sp³-hybridized carbons (Fsp3) is 0.556. The predicted octanol–water partition coefficient (Wildman–Crippen LogP) is 1.68. The number of hydrogen-bond donors (Lipinski definition) is 0. The molecule has 0 aliphatic carbocycles. The van der Waals surface area contributed by atoms with Gasteiger partial charge in [0.2, 0.25) is 5.95 Å². The SMILES string of the molecule is CC1CN(c2ncc(F)cn2)CC1Cl. The molecule has 1 aromatic heterocycles. The number of aromatic nitrogens is 2. The molecular formula is C9H11ClFN3. The van der Waals surface area contributed by atoms with Gasteiger partial charge in [0, 0.05) is 13.1 Å². The van der Waals surface area contributed by atoms with E-state index in [2.05, 4.69) is 16.9 Å². The van der Waals surface area contributed by atoms with Gasteiger partial charge in [-0.2, -0.15) is 0 Å². The van der Waals surface area contributed by atoms with Gasteiger partial charge in [-0.1, -0.05) is 6.92 Å². The second-order valence-corrected chi connectivity index (χ2v) is 4.16. The fourth-order valence-electron chi connectivity index (χ4n) is 1.56. The monoisotopic (exact) mass is 215 g/mol. The molecule has 0 bridgehead atoms. The first-order valence-corrected chi connectivity index (χ1v) is 4.97. The normalized spacial score (nSPS) is 26.9. The summed E-state index contributed by atoms with van der Waals surface area (Å²) >= 11 is 6.07. The van der Waals surface area contributed by atoms with Crippen molar-refractivity contribution in [1.82, 2.24) is 9.97 Å². The van der Waals surface area contributed by atoms with Crippen molar-refractivity contribution in [2.45, 2.75) is 12.3 Å². The number of anilines is 1. The molecule has 2 heterocycles. The number of halogens is 2. The van der Waals surface area contributed by atoms with E-state index in [1.165, 1.54) is 12.4 Å². The lowest BCUT2D eigenvalue weighted by atomic mass is 10.2. The number of rotatable bonds is 1. The van der Waals surface area contributed by atoms with Crippen LogP contribution in [0.4, 0.5) is 10.3 Å². The van der Waals surface area contributed by atoms with E-state index in [-0.39, 0.29) is 5.38 Å². The van der Waals surface area contributed by atoms with E-state index in [4.69, 9.17) is 11.6 Å². The zero-order valence-electron chi connectivity index (χ0n) is 7.82. The smallest absolute Gasteiger partial charge is 0.225 e. The van der Waals surface area contributed by atoms with Gasteiger partial charge in [0.15, 0.2) is 5.82 Å². The standard InChI is InChI=1S/C9H11ClFN3/c1-6-4-14(5-8(6)10)9-12-2-7(11)3-13-9/h2-3,6,8H,4-5H2,1H3. The van der Waals surface area contributed by atoms with Gasteiger partial charge in [-0.25, -0.2) is 14.4 Å². The van der Waals surface area contributed by atoms with Crippen LogP contribution in [0.25, 0.3) is 0 Å². The third-order valence-electron chi connectivity index (χ3n) is 2.41. The number of hydrogen-bond acceptors (Lipinski definition) is 3. The van der Waals surface area contributed by atoms with Gasteiger partial charge in [-0.15, -0.1) is 11.6 Å². The molecule has 14 heavy (non-hydrogen) atoms. The van der Waals surface area contributed by atoms with Crippen LogP contribution in [-0.4, -0.2) is 28.4 Å². The highest BCUT2D eigenvalue weighted by Crippen LogP contribution is 2.24. The topological polar surface area (TPSA) is 29.0 Å². The van der Waals surface area contributed by atoms with Gasteiger partial charge in [0.05, 0.1) is 17.8 Å². The summed E-state index contributed by atoms with van der Waals surface area (Å²) in [5, 5.41) is 0.128. The summed E-state index contributed by atoms with van der Waals surface area (Å²) in [4.78, 5) is 9.79. The van der Waals surface area contributed by atoms with Crippen molar-refractivity contribution in [3.8, 4) is 0 Å². The Morgan fingerprint density at radius 2 is 2.07 bits per heavy atom. The van der Waals surface area contributed by atoms with Crippen LogP contribution in [0.15, 0.2) is 12.4 Å². The Bertz CT molecular complexity index is 306. The predicted molar refractivity (Wildman–Crippen MR) is 53.0 cm³/mol. The van der Waals surface area contributed by atoms with E-state index in [1.807, 2.05) is 4.90 Å². The summed E-state index contributed by atoms with van der Waals surface area (Å²) in [6.45, 7) is 3.65. The zero-order chi connectivity index (χ0) is 10.1. The molecule has 1 aliphatic rings. The van der Waals surface area contributed by atoms with E-state index in [0.717, 1.165) is 13.1 Å². The van der Waals surface area contributed by atoms with Crippen molar-refractivity contribution in [3.05, 3.63) is 18.2 Å². The van der Waals surface area contributed by atoms with Crippen LogP contribution in [0.3, 0.4) is 0 Å². The van der Waals surface area contributed by atoms with Crippen LogP contribution in [0.2, 0.25) is 0 Å². The Kier molecular flexibility index (Phi) is 2.54. The largest absolute Gasteiger partial charge is 0.339 e. The van der Waals surface area contributed by atoms with Gasteiger partial charge >= 0.3 is 0 Å². The van der Waals surface area contributed by atoms with Crippen LogP contribution in [0.5, 0.6) is 0 Å². The third-order valence-corrected chi connectivity index (χ3v) is 2.98. The molecule has 0 spiro atoms. The average Bonchev–Trinajstić information content (AvgIpc) is 2.48. The molecule has 1 aliphatic heterocycles. The van der Waals surface area contributed by atoms with Crippen molar-refractivity contribution in [2.75, 3.05) is 18.0 Å². The summed E-state index contributed by atoms with van der Waals surface area (Å²) < 4.78 is 12.6. The van der Waals surface area contributed by atoms with Crippen LogP contribution in [0.1, 0.15) is 6.92 Å². The van der Waals surface area contributed by atoms with Crippen molar-refractivity contribution >= 4 is 17.5 Å². The lowest BCUT2D eigenvalue weighted by Gasteiger charge is -2.14. The molecule has 76 valence electrons. The molecule has 2 atom stereocenters. The Labute approximate surface area is 86.9 Å². The molecule has 3 nitrogen and oxygen atoms in total. The first-order valence-electron chi connectivity index (χ1n) is 4.53. The zero-order valence-corrected chi connectivity index (χ0v) is 8.58. The van der Waals surface area contributed by atoms with Crippen LogP contribution in [0, 0.1) is 11.7 Å². The Morgan fingerprint density at radius 1 is 1.43 bits per heavy atom. The molecule has 0 N–H and O–H groups in total. The molecule has 1 saturated heterocycles. The minimum absolute atomic E-state index is 0.128. The van der Waals surface area contributed by atoms with Gasteiger partial charge in [0.1, 0.15) is 0 Å². The van der Waals surface area contributed by atoms with E-state index in [9.17, 15) is 4.39 Å². The van der Waals surface area contributed by atoms with Crippen molar-refractivity contribution in [1.29, 1.82) is 0 Å². The van der Waals surface area contributed by atoms with Crippen molar-refractivity contribution in [3.63, 3.8) is 0 Å². The maximum absolute atomic E-state index is 12.6. The summed E-state index contributed by atoms with van der Waals surface area (Å²) in [5.41, 5.74) is 0. The maximum Gasteiger partial charge on any atom is 0.225 e. The van der Waals surface area contributed by atoms with Gasteiger partial charge < -0.3 is 4.90 Å². The second-order valence-electron chi connectivity index (χ2n) is 3.60. The highest BCUT2D eigenvalue weighted by Gasteiger charge is 2.29. The van der Waals surface area contributed by atoms with E-state index in [1.54, 1.807) is 0 Å². The Morgan fingerprint density at radius 3 is 2.57 bits per heavy atom. The van der Waals surface area contributed by atoms with E-state index < -0.39 is 5.82 Å². The summed E-state index contributed by atoms with van der Waals surface area (Å²) in [5.74, 6) is 0.565. The number of nitrogens with zero attached hydrogens (tertiary/aromatic N) is 3.